The van der Waals surface area contributed by atoms with E-state index in [0.29, 0.717) is 19.6 Å². The molecule has 0 radical (unpaired) electrons. The Kier molecular flexibility index (Phi) is 4.16. The summed E-state index contributed by atoms with van der Waals surface area (Å²) in [6.07, 6.45) is 0.449. The number of carboxylic acids is 1. The molecule has 0 bridgehead atoms. The minimum absolute atomic E-state index is 0.176. The van der Waals surface area contributed by atoms with E-state index in [0.717, 1.165) is 11.1 Å². The van der Waals surface area contributed by atoms with Crippen molar-refractivity contribution in [1.29, 1.82) is 0 Å². The summed E-state index contributed by atoms with van der Waals surface area (Å²) < 4.78 is 5.04. The summed E-state index contributed by atoms with van der Waals surface area (Å²) in [6.45, 7) is 0.949. The minimum Gasteiger partial charge on any atom is -0.481 e. The Morgan fingerprint density at radius 1 is 1.37 bits per heavy atom. The molecule has 1 saturated carbocycles. The molecule has 2 unspecified atom stereocenters. The molecule has 2 rings (SSSR count). The van der Waals surface area contributed by atoms with Crippen LogP contribution in [0.5, 0.6) is 0 Å². The van der Waals surface area contributed by atoms with Gasteiger partial charge in [-0.05, 0) is 17.5 Å². The molecule has 102 valence electrons. The Bertz CT molecular complexity index is 486. The average molecular weight is 263 g/mol. The lowest BCUT2D eigenvalue weighted by Gasteiger charge is -2.06. The SMILES string of the molecule is COCc1cccc(CNC(=O)C2CC2C(=O)O)c1. The molecule has 0 heterocycles. The number of carbonyl (C=O) groups excluding carboxylic acids is 1. The number of methoxy groups -OCH3 is 1. The van der Waals surface area contributed by atoms with Crippen LogP contribution in [0, 0.1) is 11.8 Å². The van der Waals surface area contributed by atoms with Crippen LogP contribution in [0.1, 0.15) is 17.5 Å². The van der Waals surface area contributed by atoms with E-state index in [2.05, 4.69) is 5.32 Å². The molecule has 2 N–H and O–H groups in total. The number of carbonyl (C=O) groups is 2. The monoisotopic (exact) mass is 263 g/mol. The lowest BCUT2D eigenvalue weighted by Crippen LogP contribution is -2.25. The van der Waals surface area contributed by atoms with Gasteiger partial charge in [0.2, 0.25) is 5.91 Å². The van der Waals surface area contributed by atoms with E-state index in [-0.39, 0.29) is 11.8 Å². The van der Waals surface area contributed by atoms with E-state index in [1.165, 1.54) is 0 Å². The first-order valence-corrected chi connectivity index (χ1v) is 6.19. The second-order valence-electron chi connectivity index (χ2n) is 4.76. The molecule has 0 spiro atoms. The quantitative estimate of drug-likeness (QED) is 0.807. The molecule has 1 aromatic carbocycles. The Morgan fingerprint density at radius 2 is 2.11 bits per heavy atom. The van der Waals surface area contributed by atoms with Gasteiger partial charge in [0, 0.05) is 13.7 Å². The normalized spacial score (nSPS) is 20.9. The third-order valence-corrected chi connectivity index (χ3v) is 3.21. The summed E-state index contributed by atoms with van der Waals surface area (Å²) in [5, 5.41) is 11.5. The van der Waals surface area contributed by atoms with Crippen molar-refractivity contribution in [3.05, 3.63) is 35.4 Å². The van der Waals surface area contributed by atoms with Crippen LogP contribution in [-0.2, 0) is 27.5 Å². The van der Waals surface area contributed by atoms with Gasteiger partial charge in [0.05, 0.1) is 18.4 Å². The third kappa shape index (κ3) is 3.54. The summed E-state index contributed by atoms with van der Waals surface area (Å²) in [5.41, 5.74) is 2.03. The molecule has 1 aromatic rings. The summed E-state index contributed by atoms with van der Waals surface area (Å²) in [7, 11) is 1.63. The summed E-state index contributed by atoms with van der Waals surface area (Å²) >= 11 is 0. The maximum absolute atomic E-state index is 11.7. The van der Waals surface area contributed by atoms with Crippen LogP contribution in [0.2, 0.25) is 0 Å². The Labute approximate surface area is 111 Å². The van der Waals surface area contributed by atoms with E-state index >= 15 is 0 Å². The highest BCUT2D eigenvalue weighted by Gasteiger charge is 2.48. The highest BCUT2D eigenvalue weighted by atomic mass is 16.5. The van der Waals surface area contributed by atoms with Gasteiger partial charge in [0.25, 0.3) is 0 Å². The van der Waals surface area contributed by atoms with E-state index in [1.807, 2.05) is 24.3 Å². The molecule has 0 aromatic heterocycles. The molecular formula is C14H17NO4. The molecule has 0 saturated heterocycles. The third-order valence-electron chi connectivity index (χ3n) is 3.21. The smallest absolute Gasteiger partial charge is 0.307 e. The van der Waals surface area contributed by atoms with Crippen LogP contribution >= 0.6 is 0 Å². The van der Waals surface area contributed by atoms with Gasteiger partial charge in [0.1, 0.15) is 0 Å². The molecular weight excluding hydrogens is 246 g/mol. The van der Waals surface area contributed by atoms with E-state index in [4.69, 9.17) is 9.84 Å². The lowest BCUT2D eigenvalue weighted by molar-refractivity contribution is -0.140. The van der Waals surface area contributed by atoms with Gasteiger partial charge in [-0.1, -0.05) is 24.3 Å². The number of amides is 1. The van der Waals surface area contributed by atoms with Crippen molar-refractivity contribution in [1.82, 2.24) is 5.32 Å². The van der Waals surface area contributed by atoms with Crippen molar-refractivity contribution < 1.29 is 19.4 Å². The first kappa shape index (κ1) is 13.5. The maximum Gasteiger partial charge on any atom is 0.307 e. The lowest BCUT2D eigenvalue weighted by atomic mass is 10.1. The zero-order valence-electron chi connectivity index (χ0n) is 10.8. The Morgan fingerprint density at radius 3 is 2.74 bits per heavy atom. The molecule has 2 atom stereocenters. The highest BCUT2D eigenvalue weighted by Crippen LogP contribution is 2.38. The second kappa shape index (κ2) is 5.84. The summed E-state index contributed by atoms with van der Waals surface area (Å²) in [6, 6.07) is 7.75. The molecule has 1 aliphatic rings. The number of hydrogen-bond donors (Lipinski definition) is 2. The van der Waals surface area contributed by atoms with Crippen molar-refractivity contribution in [2.24, 2.45) is 11.8 Å². The van der Waals surface area contributed by atoms with Crippen LogP contribution < -0.4 is 5.32 Å². The van der Waals surface area contributed by atoms with Crippen molar-refractivity contribution in [2.75, 3.05) is 7.11 Å². The largest absolute Gasteiger partial charge is 0.481 e. The standard InChI is InChI=1S/C14H17NO4/c1-19-8-10-4-2-3-9(5-10)7-15-13(16)11-6-12(11)14(17)18/h2-5,11-12H,6-8H2,1H3,(H,15,16)(H,17,18). The van der Waals surface area contributed by atoms with Gasteiger partial charge in [-0.15, -0.1) is 0 Å². The molecule has 5 heteroatoms. The first-order valence-electron chi connectivity index (χ1n) is 6.19. The minimum atomic E-state index is -0.887. The van der Waals surface area contributed by atoms with Crippen LogP contribution in [0.25, 0.3) is 0 Å². The predicted molar refractivity (Wildman–Crippen MR) is 68.2 cm³/mol. The summed E-state index contributed by atoms with van der Waals surface area (Å²) in [4.78, 5) is 22.4. The van der Waals surface area contributed by atoms with Gasteiger partial charge in [0.15, 0.2) is 0 Å². The number of benzene rings is 1. The zero-order chi connectivity index (χ0) is 13.8. The van der Waals surface area contributed by atoms with Crippen LogP contribution in [0.15, 0.2) is 24.3 Å². The van der Waals surface area contributed by atoms with Gasteiger partial charge < -0.3 is 15.2 Å². The number of aliphatic carboxylic acids is 1. The maximum atomic E-state index is 11.7. The fourth-order valence-corrected chi connectivity index (χ4v) is 2.07. The molecule has 19 heavy (non-hydrogen) atoms. The first-order chi connectivity index (χ1) is 9.11. The summed E-state index contributed by atoms with van der Waals surface area (Å²) in [5.74, 6) is -1.92. The molecule has 1 amide bonds. The van der Waals surface area contributed by atoms with Gasteiger partial charge >= 0.3 is 5.97 Å². The predicted octanol–water partition coefficient (Wildman–Crippen LogP) is 1.17. The number of rotatable bonds is 6. The van der Waals surface area contributed by atoms with Crippen molar-refractivity contribution in [3.8, 4) is 0 Å². The van der Waals surface area contributed by atoms with Crippen molar-refractivity contribution >= 4 is 11.9 Å². The molecule has 1 fully saturated rings. The second-order valence-corrected chi connectivity index (χ2v) is 4.76. The van der Waals surface area contributed by atoms with Crippen molar-refractivity contribution in [2.45, 2.75) is 19.6 Å². The Balaban J connectivity index is 1.84. The van der Waals surface area contributed by atoms with Gasteiger partial charge in [-0.25, -0.2) is 0 Å². The number of nitrogens with one attached hydrogen (secondary N) is 1. The number of hydrogen-bond acceptors (Lipinski definition) is 3. The van der Waals surface area contributed by atoms with E-state index in [1.54, 1.807) is 7.11 Å². The van der Waals surface area contributed by atoms with Gasteiger partial charge in [-0.2, -0.15) is 0 Å². The zero-order valence-corrected chi connectivity index (χ0v) is 10.8. The molecule has 1 aliphatic carbocycles. The van der Waals surface area contributed by atoms with E-state index < -0.39 is 11.9 Å². The fraction of sp³-hybridized carbons (Fsp3) is 0.429. The van der Waals surface area contributed by atoms with Crippen LogP contribution in [-0.4, -0.2) is 24.1 Å². The topological polar surface area (TPSA) is 75.6 Å². The van der Waals surface area contributed by atoms with Crippen LogP contribution in [0.3, 0.4) is 0 Å². The fourth-order valence-electron chi connectivity index (χ4n) is 2.07. The van der Waals surface area contributed by atoms with E-state index in [9.17, 15) is 9.59 Å². The number of carboxylic acid groups (broad SMARTS) is 1. The molecule has 0 aliphatic heterocycles. The Hall–Kier alpha value is -1.88. The average Bonchev–Trinajstić information content (AvgIpc) is 3.17. The van der Waals surface area contributed by atoms with Gasteiger partial charge in [-0.3, -0.25) is 9.59 Å². The molecule has 5 nitrogen and oxygen atoms in total. The van der Waals surface area contributed by atoms with Crippen molar-refractivity contribution in [3.63, 3.8) is 0 Å². The van der Waals surface area contributed by atoms with Crippen LogP contribution in [0.4, 0.5) is 0 Å². The number of ether oxygens (including phenoxy) is 1. The highest BCUT2D eigenvalue weighted by molar-refractivity contribution is 5.89.